The van der Waals surface area contributed by atoms with E-state index in [1.54, 1.807) is 0 Å². The Labute approximate surface area is 266 Å². The van der Waals surface area contributed by atoms with E-state index in [0.29, 0.717) is 25.3 Å². The predicted molar refractivity (Wildman–Crippen MR) is 174 cm³/mol. The second kappa shape index (κ2) is 16.0. The van der Waals surface area contributed by atoms with E-state index in [9.17, 15) is 14.0 Å². The minimum Gasteiger partial charge on any atom is -0.494 e. The first-order chi connectivity index (χ1) is 20.9. The summed E-state index contributed by atoms with van der Waals surface area (Å²) in [6.45, 7) is 6.22. The monoisotopic (exact) mass is 639 g/mol. The Kier molecular flexibility index (Phi) is 12.5. The molecule has 0 aromatic heterocycles. The lowest BCUT2D eigenvalue weighted by Gasteiger charge is -2.28. The number of anilines is 2. The predicted octanol–water partition coefficient (Wildman–Crippen LogP) is 6.02. The van der Waals surface area contributed by atoms with E-state index < -0.39 is 23.2 Å². The van der Waals surface area contributed by atoms with Gasteiger partial charge in [0.15, 0.2) is 10.9 Å². The van der Waals surface area contributed by atoms with Crippen LogP contribution in [0.2, 0.25) is 5.02 Å². The van der Waals surface area contributed by atoms with Gasteiger partial charge < -0.3 is 31.2 Å². The van der Waals surface area contributed by atoms with Crippen LogP contribution in [0.3, 0.4) is 0 Å². The molecule has 0 unspecified atom stereocenters. The van der Waals surface area contributed by atoms with Crippen molar-refractivity contribution in [2.45, 2.75) is 39.7 Å². The number of nitrogens with two attached hydrogens (primary N) is 1. The Bertz CT molecular complexity index is 1510. The van der Waals surface area contributed by atoms with Crippen molar-refractivity contribution in [2.75, 3.05) is 30.5 Å². The summed E-state index contributed by atoms with van der Waals surface area (Å²) < 4.78 is 25.6. The number of nitrogens with one attached hydrogen (secondary N) is 3. The largest absolute Gasteiger partial charge is 0.494 e. The van der Waals surface area contributed by atoms with Gasteiger partial charge in [-0.1, -0.05) is 56.6 Å². The van der Waals surface area contributed by atoms with Gasteiger partial charge in [-0.3, -0.25) is 9.59 Å². The molecule has 9 nitrogen and oxygen atoms in total. The maximum absolute atomic E-state index is 14.4. The van der Waals surface area contributed by atoms with Crippen LogP contribution in [0, 0.1) is 22.6 Å². The number of ether oxygens (including phenoxy) is 2. The molecule has 12 heteroatoms. The molecular formula is C32H35ClFN5O4S. The fourth-order valence-electron chi connectivity index (χ4n) is 4.08. The first-order valence-electron chi connectivity index (χ1n) is 13.8. The molecule has 0 fully saturated rings. The van der Waals surface area contributed by atoms with Crippen molar-refractivity contribution in [3.05, 3.63) is 77.1 Å². The fourth-order valence-corrected chi connectivity index (χ4v) is 4.52. The molecule has 0 heterocycles. The highest BCUT2D eigenvalue weighted by molar-refractivity contribution is 7.80. The van der Waals surface area contributed by atoms with Crippen LogP contribution in [0.25, 0.3) is 11.1 Å². The summed E-state index contributed by atoms with van der Waals surface area (Å²) in [6, 6.07) is 19.1. The third-order valence-corrected chi connectivity index (χ3v) is 7.00. The molecule has 0 saturated carbocycles. The molecule has 0 aliphatic heterocycles. The molecule has 0 radical (unpaired) electrons. The van der Waals surface area contributed by atoms with Crippen LogP contribution in [0.15, 0.2) is 60.7 Å². The number of carbonyl (C=O) groups excluding carboxylic acids is 2. The van der Waals surface area contributed by atoms with Crippen molar-refractivity contribution >= 4 is 52.1 Å². The van der Waals surface area contributed by atoms with Gasteiger partial charge in [0, 0.05) is 12.3 Å². The van der Waals surface area contributed by atoms with Gasteiger partial charge in [0.25, 0.3) is 0 Å². The molecule has 232 valence electrons. The van der Waals surface area contributed by atoms with E-state index in [-0.39, 0.29) is 33.9 Å². The molecule has 3 rings (SSSR count). The fraction of sp³-hybridized carbons (Fsp3) is 0.312. The smallest absolute Gasteiger partial charge is 0.246 e. The zero-order chi connectivity index (χ0) is 32.3. The second-order valence-corrected chi connectivity index (χ2v) is 11.7. The second-order valence-electron chi connectivity index (χ2n) is 11.0. The Morgan fingerprint density at radius 2 is 1.61 bits per heavy atom. The number of hydrogen-bond donors (Lipinski definition) is 4. The minimum atomic E-state index is -0.767. The number of benzene rings is 3. The van der Waals surface area contributed by atoms with Crippen molar-refractivity contribution in [1.82, 2.24) is 5.32 Å². The Morgan fingerprint density at radius 1 is 1.00 bits per heavy atom. The van der Waals surface area contributed by atoms with E-state index >= 15 is 0 Å². The number of hydrogen-bond acceptors (Lipinski definition) is 6. The van der Waals surface area contributed by atoms with Crippen LogP contribution in [-0.2, 0) is 14.3 Å². The van der Waals surface area contributed by atoms with Gasteiger partial charge >= 0.3 is 0 Å². The highest BCUT2D eigenvalue weighted by Crippen LogP contribution is 2.27. The number of amides is 2. The van der Waals surface area contributed by atoms with Crippen molar-refractivity contribution in [3.63, 3.8) is 0 Å². The van der Waals surface area contributed by atoms with Crippen LogP contribution in [0.5, 0.6) is 5.75 Å². The molecule has 5 N–H and O–H groups in total. The Morgan fingerprint density at radius 3 is 2.20 bits per heavy atom. The molecule has 3 aromatic rings. The molecule has 0 aliphatic rings. The molecule has 3 aromatic carbocycles. The van der Waals surface area contributed by atoms with Gasteiger partial charge in [-0.15, -0.1) is 0 Å². The molecule has 0 aliphatic carbocycles. The molecule has 0 bridgehead atoms. The van der Waals surface area contributed by atoms with Crippen LogP contribution in [0.4, 0.5) is 15.8 Å². The Hall–Kier alpha value is -4.24. The Balaban J connectivity index is 1.37. The van der Waals surface area contributed by atoms with Gasteiger partial charge in [0.05, 0.1) is 22.9 Å². The minimum absolute atomic E-state index is 0.0452. The lowest BCUT2D eigenvalue weighted by Crippen LogP contribution is -2.52. The lowest BCUT2D eigenvalue weighted by molar-refractivity contribution is -0.132. The van der Waals surface area contributed by atoms with Crippen molar-refractivity contribution in [2.24, 2.45) is 11.1 Å². The lowest BCUT2D eigenvalue weighted by atomic mass is 9.86. The average Bonchev–Trinajstić information content (AvgIpc) is 2.98. The van der Waals surface area contributed by atoms with Crippen LogP contribution >= 0.6 is 23.8 Å². The van der Waals surface area contributed by atoms with Gasteiger partial charge in [-0.05, 0) is 78.0 Å². The maximum atomic E-state index is 14.4. The molecule has 1 atom stereocenters. The van der Waals surface area contributed by atoms with Gasteiger partial charge in [-0.25, -0.2) is 4.39 Å². The number of rotatable bonds is 13. The third kappa shape index (κ3) is 10.2. The van der Waals surface area contributed by atoms with Gasteiger partial charge in [0.1, 0.15) is 24.5 Å². The molecule has 44 heavy (non-hydrogen) atoms. The van der Waals surface area contributed by atoms with Crippen LogP contribution in [-0.4, -0.2) is 42.8 Å². The first-order valence-corrected chi connectivity index (χ1v) is 14.6. The summed E-state index contributed by atoms with van der Waals surface area (Å²) in [5.74, 6) is -0.974. The summed E-state index contributed by atoms with van der Waals surface area (Å²) >= 11 is 11.2. The molecular weight excluding hydrogens is 605 g/mol. The zero-order valence-electron chi connectivity index (χ0n) is 24.7. The number of halogens is 2. The molecule has 2 amide bonds. The van der Waals surface area contributed by atoms with Crippen LogP contribution < -0.4 is 26.4 Å². The SMILES string of the molecule is CC(C)(C)[C@H](NC(=O)COCCCCOc1ccc(-c2ccc(NC(=S)Nc3ccc(C#N)c(Cl)c3F)cc2)cc1)C(N)=O. The van der Waals surface area contributed by atoms with E-state index in [4.69, 9.17) is 44.3 Å². The third-order valence-electron chi connectivity index (χ3n) is 6.42. The number of nitriles is 1. The summed E-state index contributed by atoms with van der Waals surface area (Å²) in [5, 5.41) is 17.2. The van der Waals surface area contributed by atoms with E-state index in [1.165, 1.54) is 12.1 Å². The quantitative estimate of drug-likeness (QED) is 0.132. The standard InChI is InChI=1S/C32H35ClFN5O4S/c1-32(2,3)29(30(36)41)39-26(40)19-42-16-4-5-17-43-24-13-8-21(9-14-24)20-6-11-23(12-7-20)37-31(44)38-25-15-10-22(18-35)27(33)28(25)34/h6-15,29H,4-5,16-17,19H2,1-3H3,(H2,36,41)(H,39,40)(H2,37,38,44)/t29-/m1/s1. The zero-order valence-corrected chi connectivity index (χ0v) is 26.3. The number of carbonyl (C=O) groups is 2. The van der Waals surface area contributed by atoms with E-state index in [0.717, 1.165) is 23.3 Å². The topological polar surface area (TPSA) is 138 Å². The number of unbranched alkanes of at least 4 members (excludes halogenated alkanes) is 1. The van der Waals surface area contributed by atoms with Crippen molar-refractivity contribution < 1.29 is 23.5 Å². The summed E-state index contributed by atoms with van der Waals surface area (Å²) in [4.78, 5) is 23.6. The number of nitrogens with zero attached hydrogens (tertiary/aromatic N) is 1. The first kappa shape index (κ1) is 34.3. The summed E-state index contributed by atoms with van der Waals surface area (Å²) in [7, 11) is 0. The summed E-state index contributed by atoms with van der Waals surface area (Å²) in [5.41, 5.74) is 7.69. The highest BCUT2D eigenvalue weighted by atomic mass is 35.5. The van der Waals surface area contributed by atoms with Gasteiger partial charge in [-0.2, -0.15) is 5.26 Å². The normalized spacial score (nSPS) is 11.6. The molecule has 0 spiro atoms. The number of thiocarbonyl (C=S) groups is 1. The number of primary amides is 1. The maximum Gasteiger partial charge on any atom is 0.246 e. The molecule has 0 saturated heterocycles. The summed E-state index contributed by atoms with van der Waals surface area (Å²) in [6.07, 6.45) is 1.45. The highest BCUT2D eigenvalue weighted by Gasteiger charge is 2.30. The van der Waals surface area contributed by atoms with Crippen molar-refractivity contribution in [1.29, 1.82) is 5.26 Å². The van der Waals surface area contributed by atoms with E-state index in [2.05, 4.69) is 16.0 Å². The van der Waals surface area contributed by atoms with Crippen molar-refractivity contribution in [3.8, 4) is 22.9 Å². The van der Waals surface area contributed by atoms with Gasteiger partial charge in [0.2, 0.25) is 11.8 Å². The van der Waals surface area contributed by atoms with E-state index in [1.807, 2.05) is 75.4 Å². The van der Waals surface area contributed by atoms with Crippen LogP contribution in [0.1, 0.15) is 39.2 Å². The average molecular weight is 640 g/mol.